The minimum atomic E-state index is -1.14. The Bertz CT molecular complexity index is 417. The molecule has 0 bridgehead atoms. The van der Waals surface area contributed by atoms with E-state index in [0.29, 0.717) is 5.75 Å². The van der Waals surface area contributed by atoms with Gasteiger partial charge in [0.2, 0.25) is 5.91 Å². The lowest BCUT2D eigenvalue weighted by Gasteiger charge is -2.14. The molecule has 92 valence electrons. The molecule has 1 rings (SSSR count). The Morgan fingerprint density at radius 2 is 2.18 bits per heavy atom. The number of hydrogen-bond donors (Lipinski definition) is 2. The molecule has 0 saturated heterocycles. The molecule has 0 aliphatic rings. The van der Waals surface area contributed by atoms with Crippen molar-refractivity contribution in [2.75, 3.05) is 7.11 Å². The highest BCUT2D eigenvalue weighted by molar-refractivity contribution is 5.93. The minimum absolute atomic E-state index is 0.253. The smallest absolute Gasteiger partial charge is 0.312 e. The Morgan fingerprint density at radius 1 is 1.47 bits per heavy atom. The minimum Gasteiger partial charge on any atom is -0.497 e. The van der Waals surface area contributed by atoms with Gasteiger partial charge in [-0.05, 0) is 24.6 Å². The monoisotopic (exact) mass is 237 g/mol. The molecule has 0 fully saturated rings. The van der Waals surface area contributed by atoms with Crippen LogP contribution in [0.5, 0.6) is 5.75 Å². The predicted molar refractivity (Wildman–Crippen MR) is 61.8 cm³/mol. The average Bonchev–Trinajstić information content (AvgIpc) is 2.27. The van der Waals surface area contributed by atoms with E-state index >= 15 is 0 Å². The maximum Gasteiger partial charge on any atom is 0.312 e. The fraction of sp³-hybridized carbons (Fsp3) is 0.333. The Morgan fingerprint density at radius 3 is 2.76 bits per heavy atom. The third kappa shape index (κ3) is 4.14. The lowest BCUT2D eigenvalue weighted by atomic mass is 10.1. The molecule has 1 aromatic carbocycles. The standard InChI is InChI=1S/C12H15NO4/c1-8(13-11(14)7-12(15)16)9-4-3-5-10(6-9)17-2/h3-6,8H,7H2,1-2H3,(H,13,14)(H,15,16). The molecule has 0 aliphatic carbocycles. The van der Waals surface area contributed by atoms with Crippen molar-refractivity contribution in [3.63, 3.8) is 0 Å². The Hall–Kier alpha value is -2.04. The first-order chi connectivity index (χ1) is 8.02. The first kappa shape index (κ1) is 13.0. The molecule has 0 aromatic heterocycles. The largest absolute Gasteiger partial charge is 0.497 e. The summed E-state index contributed by atoms with van der Waals surface area (Å²) in [6.45, 7) is 1.79. The second-order valence-electron chi connectivity index (χ2n) is 3.64. The number of carbonyl (C=O) groups is 2. The molecule has 2 N–H and O–H groups in total. The predicted octanol–water partition coefficient (Wildman–Crippen LogP) is 1.35. The van der Waals surface area contributed by atoms with E-state index in [1.807, 2.05) is 12.1 Å². The maximum atomic E-state index is 11.3. The number of aliphatic carboxylic acids is 1. The Labute approximate surface area is 99.4 Å². The van der Waals surface area contributed by atoms with Crippen LogP contribution < -0.4 is 10.1 Å². The van der Waals surface area contributed by atoms with E-state index in [0.717, 1.165) is 5.56 Å². The molecule has 5 nitrogen and oxygen atoms in total. The summed E-state index contributed by atoms with van der Waals surface area (Å²) in [6, 6.07) is 7.00. The molecule has 1 atom stereocenters. The van der Waals surface area contributed by atoms with Crippen molar-refractivity contribution in [3.05, 3.63) is 29.8 Å². The van der Waals surface area contributed by atoms with Crippen molar-refractivity contribution in [1.29, 1.82) is 0 Å². The van der Waals surface area contributed by atoms with Crippen LogP contribution >= 0.6 is 0 Å². The summed E-state index contributed by atoms with van der Waals surface area (Å²) >= 11 is 0. The molecule has 0 spiro atoms. The van der Waals surface area contributed by atoms with Gasteiger partial charge in [0.25, 0.3) is 0 Å². The normalized spacial score (nSPS) is 11.6. The van der Waals surface area contributed by atoms with Gasteiger partial charge in [-0.3, -0.25) is 9.59 Å². The zero-order valence-corrected chi connectivity index (χ0v) is 9.77. The van der Waals surface area contributed by atoms with Gasteiger partial charge >= 0.3 is 5.97 Å². The van der Waals surface area contributed by atoms with Crippen LogP contribution in [0, 0.1) is 0 Å². The van der Waals surface area contributed by atoms with Crippen LogP contribution in [0.2, 0.25) is 0 Å². The number of carbonyl (C=O) groups excluding carboxylic acids is 1. The van der Waals surface area contributed by atoms with Crippen molar-refractivity contribution < 1.29 is 19.4 Å². The molecule has 0 aliphatic heterocycles. The molecule has 17 heavy (non-hydrogen) atoms. The number of ether oxygens (including phenoxy) is 1. The molecular formula is C12H15NO4. The van der Waals surface area contributed by atoms with Gasteiger partial charge < -0.3 is 15.2 Å². The Balaban J connectivity index is 2.65. The highest BCUT2D eigenvalue weighted by Crippen LogP contribution is 2.18. The van der Waals surface area contributed by atoms with Crippen molar-refractivity contribution >= 4 is 11.9 Å². The molecule has 1 amide bonds. The van der Waals surface area contributed by atoms with Gasteiger partial charge in [-0.2, -0.15) is 0 Å². The number of methoxy groups -OCH3 is 1. The fourth-order valence-electron chi connectivity index (χ4n) is 1.42. The van der Waals surface area contributed by atoms with Crippen molar-refractivity contribution in [2.24, 2.45) is 0 Å². The van der Waals surface area contributed by atoms with Gasteiger partial charge in [0, 0.05) is 0 Å². The number of amides is 1. The third-order valence-corrected chi connectivity index (χ3v) is 2.28. The summed E-state index contributed by atoms with van der Waals surface area (Å²) in [5.41, 5.74) is 0.864. The van der Waals surface area contributed by atoms with Crippen LogP contribution in [-0.2, 0) is 9.59 Å². The maximum absolute atomic E-state index is 11.3. The number of rotatable bonds is 5. The summed E-state index contributed by atoms with van der Waals surface area (Å²) in [5.74, 6) is -0.949. The second kappa shape index (κ2) is 5.89. The van der Waals surface area contributed by atoms with Crippen LogP contribution in [0.15, 0.2) is 24.3 Å². The van der Waals surface area contributed by atoms with Gasteiger partial charge in [-0.25, -0.2) is 0 Å². The first-order valence-corrected chi connectivity index (χ1v) is 5.18. The number of carboxylic acids is 1. The third-order valence-electron chi connectivity index (χ3n) is 2.28. The fourth-order valence-corrected chi connectivity index (χ4v) is 1.42. The Kier molecular flexibility index (Phi) is 4.51. The van der Waals surface area contributed by atoms with Crippen LogP contribution in [0.3, 0.4) is 0 Å². The van der Waals surface area contributed by atoms with Gasteiger partial charge in [-0.15, -0.1) is 0 Å². The van der Waals surface area contributed by atoms with Gasteiger partial charge in [0.1, 0.15) is 12.2 Å². The van der Waals surface area contributed by atoms with E-state index in [9.17, 15) is 9.59 Å². The van der Waals surface area contributed by atoms with E-state index in [2.05, 4.69) is 5.32 Å². The van der Waals surface area contributed by atoms with Gasteiger partial charge in [-0.1, -0.05) is 12.1 Å². The zero-order valence-electron chi connectivity index (χ0n) is 9.77. The van der Waals surface area contributed by atoms with Crippen molar-refractivity contribution in [2.45, 2.75) is 19.4 Å². The van der Waals surface area contributed by atoms with Crippen LogP contribution in [0.25, 0.3) is 0 Å². The number of benzene rings is 1. The van der Waals surface area contributed by atoms with Crippen LogP contribution in [0.1, 0.15) is 24.9 Å². The van der Waals surface area contributed by atoms with E-state index in [4.69, 9.17) is 9.84 Å². The number of carboxylic acid groups (broad SMARTS) is 1. The summed E-state index contributed by atoms with van der Waals surface area (Å²) < 4.78 is 5.07. The highest BCUT2D eigenvalue weighted by atomic mass is 16.5. The quantitative estimate of drug-likeness (QED) is 0.758. The van der Waals surface area contributed by atoms with E-state index < -0.39 is 18.3 Å². The van der Waals surface area contributed by atoms with Crippen LogP contribution in [-0.4, -0.2) is 24.1 Å². The number of nitrogens with one attached hydrogen (secondary N) is 1. The SMILES string of the molecule is COc1cccc(C(C)NC(=O)CC(=O)O)c1. The molecule has 0 radical (unpaired) electrons. The first-order valence-electron chi connectivity index (χ1n) is 5.18. The molecule has 1 unspecified atom stereocenters. The van der Waals surface area contributed by atoms with Crippen molar-refractivity contribution in [3.8, 4) is 5.75 Å². The summed E-state index contributed by atoms with van der Waals surface area (Å²) in [4.78, 5) is 21.6. The topological polar surface area (TPSA) is 75.6 Å². The molecule has 1 aromatic rings. The van der Waals surface area contributed by atoms with Gasteiger partial charge in [0.15, 0.2) is 0 Å². The lowest BCUT2D eigenvalue weighted by Crippen LogP contribution is -2.28. The zero-order chi connectivity index (χ0) is 12.8. The summed E-state index contributed by atoms with van der Waals surface area (Å²) in [7, 11) is 1.56. The molecule has 5 heteroatoms. The van der Waals surface area contributed by atoms with E-state index in [1.165, 1.54) is 0 Å². The van der Waals surface area contributed by atoms with Gasteiger partial charge in [0.05, 0.1) is 13.2 Å². The highest BCUT2D eigenvalue weighted by Gasteiger charge is 2.12. The summed E-state index contributed by atoms with van der Waals surface area (Å²) in [5, 5.41) is 11.1. The molecular weight excluding hydrogens is 222 g/mol. The lowest BCUT2D eigenvalue weighted by molar-refractivity contribution is -0.140. The summed E-state index contributed by atoms with van der Waals surface area (Å²) in [6.07, 6.45) is -0.520. The molecule has 0 saturated carbocycles. The second-order valence-corrected chi connectivity index (χ2v) is 3.64. The van der Waals surface area contributed by atoms with Crippen molar-refractivity contribution in [1.82, 2.24) is 5.32 Å². The molecule has 0 heterocycles. The average molecular weight is 237 g/mol. The van der Waals surface area contributed by atoms with E-state index in [1.54, 1.807) is 26.2 Å². The number of hydrogen-bond acceptors (Lipinski definition) is 3. The van der Waals surface area contributed by atoms with E-state index in [-0.39, 0.29) is 6.04 Å². The van der Waals surface area contributed by atoms with Crippen LogP contribution in [0.4, 0.5) is 0 Å².